The van der Waals surface area contributed by atoms with E-state index < -0.39 is 0 Å². The molecule has 0 amide bonds. The van der Waals surface area contributed by atoms with Gasteiger partial charge in [0.05, 0.1) is 34.3 Å². The fourth-order valence-electron chi connectivity index (χ4n) is 12.3. The summed E-state index contributed by atoms with van der Waals surface area (Å²) in [5.74, 6) is 10.2. The molecule has 0 radical (unpaired) electrons. The van der Waals surface area contributed by atoms with Crippen LogP contribution in [0.25, 0.3) is 42.9 Å². The Morgan fingerprint density at radius 2 is 0.490 bits per heavy atom. The van der Waals surface area contributed by atoms with Gasteiger partial charge in [0.25, 0.3) is 0 Å². The summed E-state index contributed by atoms with van der Waals surface area (Å²) in [7, 11) is 4.27. The average Bonchev–Trinajstić information content (AvgIpc) is 1.61. The van der Waals surface area contributed by atoms with Crippen LogP contribution in [-0.2, 0) is 0 Å². The van der Waals surface area contributed by atoms with Gasteiger partial charge in [0.2, 0.25) is 0 Å². The van der Waals surface area contributed by atoms with E-state index in [9.17, 15) is 0 Å². The molecule has 2 aliphatic rings. The lowest BCUT2D eigenvalue weighted by Crippen LogP contribution is -2.08. The van der Waals surface area contributed by atoms with E-state index in [-0.39, 0.29) is 0 Å². The Labute approximate surface area is 616 Å². The van der Waals surface area contributed by atoms with Crippen molar-refractivity contribution < 1.29 is 0 Å². The van der Waals surface area contributed by atoms with Gasteiger partial charge in [0, 0.05) is 25.4 Å². The normalized spacial score (nSPS) is 12.6. The van der Waals surface area contributed by atoms with E-state index in [0.717, 1.165) is 115 Å². The van der Waals surface area contributed by atoms with Crippen LogP contribution in [-0.4, -0.2) is 94.2 Å². The second kappa shape index (κ2) is 51.9. The fourth-order valence-corrected chi connectivity index (χ4v) is 20.5. The number of unbranched alkanes of at least 4 members (excludes halogenated alkanes) is 35. The van der Waals surface area contributed by atoms with Crippen molar-refractivity contribution in [3.63, 3.8) is 0 Å². The molecule has 4 aromatic rings. The highest BCUT2D eigenvalue weighted by atomic mass is 32.2. The topological polar surface area (TPSA) is 112 Å². The third-order valence-electron chi connectivity index (χ3n) is 18.2. The predicted octanol–water partition coefficient (Wildman–Crippen LogP) is 27.8. The largest absolute Gasteiger partial charge is 0.378 e. The van der Waals surface area contributed by atoms with Crippen LogP contribution in [0, 0.1) is 0 Å². The average molecular weight is 1440 g/mol. The molecule has 8 bridgehead atoms. The summed E-state index contributed by atoms with van der Waals surface area (Å²) in [6.45, 7) is 16.2. The monoisotopic (exact) mass is 1440 g/mol. The molecule has 3 aromatic heterocycles. The molecule has 0 saturated heterocycles. The Morgan fingerprint density at radius 3 is 0.771 bits per heavy atom. The summed E-state index contributed by atoms with van der Waals surface area (Å²) in [5, 5.41) is 0. The molecule has 0 aliphatic carbocycles. The smallest absolute Gasteiger partial charge is 0.171 e. The maximum atomic E-state index is 5.92. The van der Waals surface area contributed by atoms with Gasteiger partial charge in [-0.3, -0.25) is 0 Å². The van der Waals surface area contributed by atoms with Gasteiger partial charge in [-0.1, -0.05) is 285 Å². The maximum Gasteiger partial charge on any atom is 0.171 e. The molecule has 1 aromatic carbocycles. The van der Waals surface area contributed by atoms with E-state index >= 15 is 0 Å². The van der Waals surface area contributed by atoms with E-state index in [4.69, 9.17) is 29.9 Å². The number of anilines is 1. The van der Waals surface area contributed by atoms with Crippen molar-refractivity contribution in [1.82, 2.24) is 39.9 Å². The number of aromatic nitrogens is 8. The molecule has 0 atom stereocenters. The lowest BCUT2D eigenvalue weighted by atomic mass is 10.1. The van der Waals surface area contributed by atoms with Crippen molar-refractivity contribution in [2.45, 2.75) is 338 Å². The van der Waals surface area contributed by atoms with Crippen molar-refractivity contribution in [2.75, 3.05) is 59.3 Å². The lowest BCUT2D eigenvalue weighted by molar-refractivity contribution is 0.627. The Bertz CT molecular complexity index is 2970. The van der Waals surface area contributed by atoms with Crippen molar-refractivity contribution in [3.05, 3.63) is 53.1 Å². The van der Waals surface area contributed by atoms with Gasteiger partial charge in [0.1, 0.15) is 22.6 Å². The van der Waals surface area contributed by atoms with Crippen LogP contribution >= 0.6 is 82.3 Å². The first-order chi connectivity index (χ1) is 47.3. The summed E-state index contributed by atoms with van der Waals surface area (Å²) >= 11 is 13.9. The summed E-state index contributed by atoms with van der Waals surface area (Å²) < 4.78 is 0. The second-order valence-corrected chi connectivity index (χ2v) is 34.8. The standard InChI is InChI=1S/C80H131N9S7/c1-10-17-24-31-38-45-56-90-66-65(63-52-54-64(55-53-63)89(8)9)73-81-74(66)83-76-69(93-59-48-41-34-27-20-13-4)70(94-60-49-42-35-28-21-14-5)78(85-76)87-80-72(96-62-51-44-37-30-23-16-7)71(95-61-50-43-36-29-22-15-6)79(88-80)86-77-68(92-58-47-40-33-26-19-12-3)67(75(82-73)84-77)91-57-46-39-32-25-18-11-2/h52-55H,10-51,56-62H2,1-9H3,(H2,81,82,83,84,85,86,87,88). The highest BCUT2D eigenvalue weighted by Crippen LogP contribution is 2.48. The number of H-pyrrole nitrogens is 2. The molecule has 96 heavy (non-hydrogen) atoms. The van der Waals surface area contributed by atoms with Crippen molar-refractivity contribution in [3.8, 4) is 0 Å². The first kappa shape index (κ1) is 82.7. The molecule has 0 unspecified atom stereocenters. The number of benzene rings is 1. The van der Waals surface area contributed by atoms with E-state index in [2.05, 4.69) is 102 Å². The number of aromatic amines is 2. The Kier molecular flexibility index (Phi) is 44.7. The zero-order valence-electron chi connectivity index (χ0n) is 61.9. The van der Waals surface area contributed by atoms with Crippen molar-refractivity contribution >= 4 is 131 Å². The van der Waals surface area contributed by atoms with Gasteiger partial charge in [-0.05, 0) is 103 Å². The van der Waals surface area contributed by atoms with Gasteiger partial charge in [-0.25, -0.2) is 29.9 Å². The molecule has 9 nitrogen and oxygen atoms in total. The van der Waals surface area contributed by atoms with E-state index in [1.54, 1.807) is 0 Å². The fraction of sp³-hybridized carbons (Fsp3) is 0.725. The molecule has 0 saturated carbocycles. The summed E-state index contributed by atoms with van der Waals surface area (Å²) in [5.41, 5.74) is 6.82. The minimum absolute atomic E-state index is 0.721. The summed E-state index contributed by atoms with van der Waals surface area (Å²) in [6.07, 6.45) is 53.0. The maximum absolute atomic E-state index is 5.92. The number of hydrogen-bond donors (Lipinski definition) is 2. The minimum Gasteiger partial charge on any atom is -0.378 e. The molecule has 2 N–H and O–H groups in total. The number of nitrogens with zero attached hydrogens (tertiary/aromatic N) is 7. The first-order valence-electron chi connectivity index (χ1n) is 39.3. The van der Waals surface area contributed by atoms with Gasteiger partial charge in [-0.2, -0.15) is 0 Å². The highest BCUT2D eigenvalue weighted by molar-refractivity contribution is 8.13. The molecular formula is C80H131N9S7. The molecule has 5 heterocycles. The number of nitrogens with one attached hydrogen (secondary N) is 2. The van der Waals surface area contributed by atoms with Gasteiger partial charge in [0.15, 0.2) is 23.3 Å². The van der Waals surface area contributed by atoms with E-state index in [0.29, 0.717) is 0 Å². The number of fused-ring (bicyclic) bond motifs is 8. The molecule has 16 heteroatoms. The Hall–Kier alpha value is -2.21. The minimum atomic E-state index is 0.721. The molecule has 6 rings (SSSR count). The molecule has 2 aliphatic heterocycles. The van der Waals surface area contributed by atoms with Gasteiger partial charge >= 0.3 is 0 Å². The number of rotatable bonds is 58. The zero-order chi connectivity index (χ0) is 68.1. The van der Waals surface area contributed by atoms with Crippen LogP contribution in [0.5, 0.6) is 0 Å². The Balaban J connectivity index is 1.72. The van der Waals surface area contributed by atoms with Crippen LogP contribution in [0.3, 0.4) is 0 Å². The van der Waals surface area contributed by atoms with Crippen LogP contribution in [0.2, 0.25) is 0 Å². The quantitative estimate of drug-likeness (QED) is 0.0323. The lowest BCUT2D eigenvalue weighted by Gasteiger charge is -2.13. The number of hydrogen-bond acceptors (Lipinski definition) is 14. The third kappa shape index (κ3) is 30.0. The van der Waals surface area contributed by atoms with Crippen LogP contribution in [0.1, 0.15) is 347 Å². The zero-order valence-corrected chi connectivity index (χ0v) is 67.7. The Morgan fingerprint density at radius 1 is 0.260 bits per heavy atom. The van der Waals surface area contributed by atoms with E-state index in [1.807, 2.05) is 82.3 Å². The molecule has 538 valence electrons. The first-order valence-corrected chi connectivity index (χ1v) is 46.2. The van der Waals surface area contributed by atoms with Crippen molar-refractivity contribution in [2.24, 2.45) is 0 Å². The van der Waals surface area contributed by atoms with Gasteiger partial charge < -0.3 is 14.9 Å². The van der Waals surface area contributed by atoms with Crippen LogP contribution in [0.15, 0.2) is 43.8 Å². The van der Waals surface area contributed by atoms with Crippen LogP contribution < -0.4 is 4.90 Å². The van der Waals surface area contributed by atoms with Crippen molar-refractivity contribution in [1.29, 1.82) is 0 Å². The summed E-state index contributed by atoms with van der Waals surface area (Å²) in [4.78, 5) is 53.8. The molecule has 0 fully saturated rings. The molecular weight excluding hydrogens is 1310 g/mol. The SMILES string of the molecule is CCCCCCCCSC1=C(SCCCCCCCC)c2nc1nc1[nH]c(nc3nc(nc4[nH]c(n2)c(SCCCCCCCC)c4SCCCCCCCC)C(c2ccc(N(C)C)cc2)=C3SCCCCCCCC)c(SCCCCCCCC)c1SCCCCCCCC. The summed E-state index contributed by atoms with van der Waals surface area (Å²) in [6, 6.07) is 9.12. The van der Waals surface area contributed by atoms with Crippen LogP contribution in [0.4, 0.5) is 5.69 Å². The second-order valence-electron chi connectivity index (χ2n) is 27.0. The third-order valence-corrected chi connectivity index (χ3v) is 26.8. The predicted molar refractivity (Wildman–Crippen MR) is 440 cm³/mol. The number of thioether (sulfide) groups is 7. The molecule has 0 spiro atoms. The highest BCUT2D eigenvalue weighted by Gasteiger charge is 2.30. The van der Waals surface area contributed by atoms with E-state index in [1.165, 1.54) is 292 Å². The van der Waals surface area contributed by atoms with Gasteiger partial charge in [-0.15, -0.1) is 82.3 Å².